The Bertz CT molecular complexity index is 1970. The number of imide groups is 1. The molecule has 4 aromatic carbocycles. The quantitative estimate of drug-likeness (QED) is 0.0775. The van der Waals surface area contributed by atoms with Crippen LogP contribution in [0.4, 0.5) is 21.5 Å². The number of hydrogen-bond donors (Lipinski definition) is 3. The van der Waals surface area contributed by atoms with Crippen molar-refractivity contribution in [3.63, 3.8) is 0 Å². The fraction of sp³-hybridized carbons (Fsp3) is 0.286. The molecule has 4 aromatic rings. The molecule has 8 nitrogen and oxygen atoms in total. The summed E-state index contributed by atoms with van der Waals surface area (Å²) in [6.07, 6.45) is 4.73. The van der Waals surface area contributed by atoms with Crippen LogP contribution in [0.1, 0.15) is 44.6 Å². The number of ether oxygens (including phenoxy) is 1. The van der Waals surface area contributed by atoms with Crippen LogP contribution in [-0.2, 0) is 14.2 Å². The summed E-state index contributed by atoms with van der Waals surface area (Å²) >= 11 is 0. The number of aromatic hydroxyl groups is 1. The summed E-state index contributed by atoms with van der Waals surface area (Å²) in [7, 11) is -1.11. The number of allylic oxidation sites excluding steroid dienone is 1. The first kappa shape index (κ1) is 35.2. The van der Waals surface area contributed by atoms with Crippen molar-refractivity contribution in [3.05, 3.63) is 131 Å². The lowest BCUT2D eigenvalue weighted by Crippen LogP contribution is -2.46. The number of benzene rings is 4. The van der Waals surface area contributed by atoms with Crippen molar-refractivity contribution >= 4 is 42.1 Å². The molecule has 10 heteroatoms. The van der Waals surface area contributed by atoms with Gasteiger partial charge >= 0.3 is 7.12 Å². The average Bonchev–Trinajstić information content (AvgIpc) is 3.40. The van der Waals surface area contributed by atoms with Gasteiger partial charge < -0.3 is 24.8 Å². The van der Waals surface area contributed by atoms with Crippen LogP contribution in [0.5, 0.6) is 11.5 Å². The Balaban J connectivity index is 1.17. The van der Waals surface area contributed by atoms with E-state index in [2.05, 4.69) is 12.2 Å². The smallest absolute Gasteiger partial charge is 0.455 e. The third kappa shape index (κ3) is 7.54. The molecule has 2 aliphatic heterocycles. The summed E-state index contributed by atoms with van der Waals surface area (Å²) in [5, 5.41) is 24.1. The molecule has 3 aliphatic rings. The molecule has 4 atom stereocenters. The van der Waals surface area contributed by atoms with Crippen LogP contribution in [0.2, 0.25) is 6.32 Å². The van der Waals surface area contributed by atoms with Gasteiger partial charge in [0.2, 0.25) is 11.8 Å². The molecule has 2 fully saturated rings. The first-order chi connectivity index (χ1) is 25.3. The minimum Gasteiger partial charge on any atom is -0.505 e. The summed E-state index contributed by atoms with van der Waals surface area (Å²) in [5.41, 5.74) is 5.84. The van der Waals surface area contributed by atoms with Crippen LogP contribution in [-0.4, -0.2) is 41.8 Å². The Labute approximate surface area is 303 Å². The molecule has 0 aromatic heterocycles. The van der Waals surface area contributed by atoms with Crippen LogP contribution in [0.15, 0.2) is 120 Å². The van der Waals surface area contributed by atoms with Gasteiger partial charge in [-0.25, -0.2) is 4.39 Å². The fourth-order valence-electron chi connectivity index (χ4n) is 7.98. The van der Waals surface area contributed by atoms with Gasteiger partial charge in [0.25, 0.3) is 0 Å². The monoisotopic (exact) mass is 700 g/mol. The van der Waals surface area contributed by atoms with Gasteiger partial charge in [-0.2, -0.15) is 0 Å². The van der Waals surface area contributed by atoms with Gasteiger partial charge in [-0.3, -0.25) is 14.5 Å². The van der Waals surface area contributed by atoms with E-state index in [0.29, 0.717) is 36.3 Å². The Morgan fingerprint density at radius 3 is 2.37 bits per heavy atom. The normalized spacial score (nSPS) is 21.6. The minimum absolute atomic E-state index is 0.194. The summed E-state index contributed by atoms with van der Waals surface area (Å²) in [5.74, 6) is -2.54. The van der Waals surface area contributed by atoms with Gasteiger partial charge in [0.05, 0.1) is 23.6 Å². The Morgan fingerprint density at radius 2 is 1.65 bits per heavy atom. The second-order valence-electron chi connectivity index (χ2n) is 13.8. The number of nitrogens with one attached hydrogen (secondary N) is 1. The predicted octanol–water partition coefficient (Wildman–Crippen LogP) is 8.32. The molecule has 7 rings (SSSR count). The maximum absolute atomic E-state index is 14.3. The second-order valence-corrected chi connectivity index (χ2v) is 13.8. The number of halogens is 1. The number of phenols is 1. The van der Waals surface area contributed by atoms with Crippen LogP contribution >= 0.6 is 0 Å². The minimum atomic E-state index is -1.11. The van der Waals surface area contributed by atoms with E-state index in [4.69, 9.17) is 9.39 Å². The molecule has 3 N–H and O–H groups in total. The molecule has 2 saturated heterocycles. The van der Waals surface area contributed by atoms with E-state index in [1.54, 1.807) is 18.2 Å². The molecular weight excluding hydrogens is 658 g/mol. The molecule has 2 heterocycles. The lowest BCUT2D eigenvalue weighted by atomic mass is 9.58. The summed E-state index contributed by atoms with van der Waals surface area (Å²) in [6.45, 7) is 2.30. The zero-order valence-corrected chi connectivity index (χ0v) is 29.1. The molecule has 0 spiro atoms. The molecule has 52 heavy (non-hydrogen) atoms. The number of phenolic OH excluding ortho intramolecular Hbond substituents is 1. The van der Waals surface area contributed by atoms with Gasteiger partial charge in [-0.15, -0.1) is 0 Å². The third-order valence-corrected chi connectivity index (χ3v) is 10.3. The van der Waals surface area contributed by atoms with Crippen molar-refractivity contribution < 1.29 is 33.5 Å². The van der Waals surface area contributed by atoms with Crippen LogP contribution in [0.25, 0.3) is 6.08 Å². The maximum Gasteiger partial charge on any atom is 0.455 e. The first-order valence-electron chi connectivity index (χ1n) is 18.0. The SMILES string of the molecule is CCC/C(=C\c1ccc(O)c(F)c1)CC[C@H]1OB(O)C[C@H]2C1=C(COc1ccccc1)C[C@H]1C(=O)N(c3ccc(Nc4ccccc4)cc3)C(=O)[C@H]12. The largest absolute Gasteiger partial charge is 0.505 e. The van der Waals surface area contributed by atoms with Crippen LogP contribution in [0.3, 0.4) is 0 Å². The van der Waals surface area contributed by atoms with E-state index in [1.165, 1.54) is 17.0 Å². The highest BCUT2D eigenvalue weighted by molar-refractivity contribution is 6.43. The van der Waals surface area contributed by atoms with Crippen molar-refractivity contribution in [1.82, 2.24) is 0 Å². The number of nitrogens with zero attached hydrogens (tertiary/aromatic N) is 1. The molecule has 0 radical (unpaired) electrons. The molecule has 1 aliphatic carbocycles. The number of para-hydroxylation sites is 2. The van der Waals surface area contributed by atoms with Gasteiger partial charge in [-0.05, 0) is 115 Å². The van der Waals surface area contributed by atoms with Crippen molar-refractivity contribution in [1.29, 1.82) is 0 Å². The van der Waals surface area contributed by atoms with Crippen molar-refractivity contribution in [2.45, 2.75) is 51.5 Å². The second kappa shape index (κ2) is 15.6. The highest BCUT2D eigenvalue weighted by atomic mass is 19.1. The number of carbonyl (C=O) groups is 2. The van der Waals surface area contributed by atoms with E-state index >= 15 is 0 Å². The fourth-order valence-corrected chi connectivity index (χ4v) is 7.98. The molecule has 0 saturated carbocycles. The summed E-state index contributed by atoms with van der Waals surface area (Å²) in [6, 6.07) is 30.8. The number of rotatable bonds is 12. The topological polar surface area (TPSA) is 108 Å². The van der Waals surface area contributed by atoms with Gasteiger partial charge in [0.15, 0.2) is 11.6 Å². The third-order valence-electron chi connectivity index (χ3n) is 10.3. The van der Waals surface area contributed by atoms with E-state index in [0.717, 1.165) is 40.9 Å². The maximum atomic E-state index is 14.3. The molecule has 2 amide bonds. The zero-order chi connectivity index (χ0) is 36.2. The van der Waals surface area contributed by atoms with Gasteiger partial charge in [0, 0.05) is 11.4 Å². The number of carbonyl (C=O) groups excluding carboxylic acids is 2. The van der Waals surface area contributed by atoms with E-state index in [1.807, 2.05) is 78.9 Å². The number of amides is 2. The van der Waals surface area contributed by atoms with Crippen molar-refractivity contribution in [2.75, 3.05) is 16.8 Å². The Kier molecular flexibility index (Phi) is 10.6. The standard InChI is InChI=1S/C42H42BFN2O6/c1-2-9-27(22-28-14-20-37(47)36(44)23-28)15-21-38-39-29(26-51-33-12-7-4-8-13-33)24-34-40(35(39)25-43(50)52-38)42(49)46(41(34)48)32-18-16-31(17-19-32)45-30-10-5-3-6-11-30/h3-8,10-14,16-20,22-23,34-35,38,40,45,47,50H,2,9,15,21,24-26H2,1H3/b27-22+/t34-,35+,38-,40-/m1/s1. The van der Waals surface area contributed by atoms with Gasteiger partial charge in [-0.1, -0.05) is 67.5 Å². The number of anilines is 3. The van der Waals surface area contributed by atoms with Crippen molar-refractivity contribution in [2.24, 2.45) is 17.8 Å². The first-order valence-corrected chi connectivity index (χ1v) is 18.0. The molecule has 266 valence electrons. The highest BCUT2D eigenvalue weighted by Gasteiger charge is 2.57. The molecule has 0 bridgehead atoms. The Hall–Kier alpha value is -5.19. The summed E-state index contributed by atoms with van der Waals surface area (Å²) < 4.78 is 26.7. The van der Waals surface area contributed by atoms with Crippen LogP contribution < -0.4 is 15.0 Å². The van der Waals surface area contributed by atoms with Crippen LogP contribution in [0, 0.1) is 23.6 Å². The average molecular weight is 701 g/mol. The summed E-state index contributed by atoms with van der Waals surface area (Å²) in [4.78, 5) is 29.8. The van der Waals surface area contributed by atoms with Gasteiger partial charge in [0.1, 0.15) is 12.4 Å². The lowest BCUT2D eigenvalue weighted by Gasteiger charge is -2.43. The lowest BCUT2D eigenvalue weighted by molar-refractivity contribution is -0.122. The zero-order valence-electron chi connectivity index (χ0n) is 29.1. The highest BCUT2D eigenvalue weighted by Crippen LogP contribution is 2.51. The van der Waals surface area contributed by atoms with E-state index in [9.17, 15) is 24.1 Å². The molecular formula is C42H42BFN2O6. The Morgan fingerprint density at radius 1 is 0.942 bits per heavy atom. The predicted molar refractivity (Wildman–Crippen MR) is 201 cm³/mol. The van der Waals surface area contributed by atoms with Crippen molar-refractivity contribution in [3.8, 4) is 11.5 Å². The number of fused-ring (bicyclic) bond motifs is 3. The van der Waals surface area contributed by atoms with E-state index < -0.39 is 42.5 Å². The number of hydrogen-bond acceptors (Lipinski definition) is 7. The molecule has 0 unspecified atom stereocenters. The van der Waals surface area contributed by atoms with E-state index in [-0.39, 0.29) is 24.7 Å².